The largest absolute Gasteiger partial charge is 0.298 e. The normalized spacial score (nSPS) is 18.8. The van der Waals surface area contributed by atoms with Gasteiger partial charge in [-0.05, 0) is 11.6 Å². The fourth-order valence-corrected chi connectivity index (χ4v) is 0.895. The van der Waals surface area contributed by atoms with Crippen molar-refractivity contribution in [1.29, 1.82) is 0 Å². The van der Waals surface area contributed by atoms with Crippen LogP contribution in [0, 0.1) is 9.81 Å². The zero-order chi connectivity index (χ0) is 10.7. The monoisotopic (exact) mass is 190 g/mol. The summed E-state index contributed by atoms with van der Waals surface area (Å²) in [6.07, 6.45) is 0.180. The third kappa shape index (κ3) is 2.04. The van der Waals surface area contributed by atoms with E-state index in [0.717, 1.165) is 0 Å². The van der Waals surface area contributed by atoms with Gasteiger partial charge >= 0.3 is 0 Å². The minimum absolute atomic E-state index is 0.180. The van der Waals surface area contributed by atoms with Crippen LogP contribution < -0.4 is 22.9 Å². The lowest BCUT2D eigenvalue weighted by Crippen LogP contribution is -2.79. The number of hydrogen-bond acceptors (Lipinski definition) is 8. The van der Waals surface area contributed by atoms with E-state index in [4.69, 9.17) is 22.9 Å². The summed E-state index contributed by atoms with van der Waals surface area (Å²) >= 11 is 0. The molecule has 0 spiro atoms. The fraction of sp³-hybridized carbons (Fsp3) is 1.00. The zero-order valence-electron chi connectivity index (χ0n) is 7.30. The predicted octanol–water partition coefficient (Wildman–Crippen LogP) is -1.52. The van der Waals surface area contributed by atoms with Crippen LogP contribution in [0.2, 0.25) is 0 Å². The van der Waals surface area contributed by atoms with Gasteiger partial charge in [0.05, 0.1) is 0 Å². The van der Waals surface area contributed by atoms with Crippen molar-refractivity contribution < 1.29 is 0 Å². The van der Waals surface area contributed by atoms with E-state index in [9.17, 15) is 9.81 Å². The first-order valence-corrected chi connectivity index (χ1v) is 3.66. The van der Waals surface area contributed by atoms with Crippen molar-refractivity contribution in [2.75, 3.05) is 0 Å². The molecule has 0 aliphatic heterocycles. The Labute approximate surface area is 74.9 Å². The molecule has 13 heavy (non-hydrogen) atoms. The molecule has 8 heteroatoms. The number of nitrogens with two attached hydrogens (primary N) is 4. The van der Waals surface area contributed by atoms with Crippen molar-refractivity contribution in [3.8, 4) is 0 Å². The highest BCUT2D eigenvalue weighted by Gasteiger charge is 2.50. The first-order chi connectivity index (χ1) is 5.83. The first-order valence-electron chi connectivity index (χ1n) is 3.66. The van der Waals surface area contributed by atoms with Gasteiger partial charge in [-0.3, -0.25) is 22.9 Å². The molecule has 0 aromatic carbocycles. The number of hydrogen-bond donors (Lipinski definition) is 4. The fourth-order valence-electron chi connectivity index (χ4n) is 0.895. The summed E-state index contributed by atoms with van der Waals surface area (Å²) in [4.78, 5) is 20.7. The number of nitrogens with zero attached hydrogens (tertiary/aromatic N) is 2. The molecule has 0 aromatic heterocycles. The van der Waals surface area contributed by atoms with Crippen LogP contribution in [-0.4, -0.2) is 17.5 Å². The van der Waals surface area contributed by atoms with Crippen LogP contribution >= 0.6 is 0 Å². The molecule has 2 atom stereocenters. The van der Waals surface area contributed by atoms with E-state index in [-0.39, 0.29) is 6.42 Å². The van der Waals surface area contributed by atoms with E-state index in [0.29, 0.717) is 0 Å². The summed E-state index contributed by atoms with van der Waals surface area (Å²) < 4.78 is 0. The van der Waals surface area contributed by atoms with Gasteiger partial charge < -0.3 is 0 Å². The molecule has 0 rings (SSSR count). The molecule has 0 heterocycles. The highest BCUT2D eigenvalue weighted by molar-refractivity contribution is 5.05. The quantitative estimate of drug-likeness (QED) is 0.304. The van der Waals surface area contributed by atoms with Crippen molar-refractivity contribution in [3.05, 3.63) is 9.81 Å². The smallest absolute Gasteiger partial charge is 0.221 e. The Balaban J connectivity index is 5.02. The highest BCUT2D eigenvalue weighted by Crippen LogP contribution is 2.20. The summed E-state index contributed by atoms with van der Waals surface area (Å²) in [6, 6.07) is -1.13. The van der Waals surface area contributed by atoms with Gasteiger partial charge in [0.2, 0.25) is 5.66 Å². The Kier molecular flexibility index (Phi) is 3.55. The molecule has 8 N–H and O–H groups in total. The summed E-state index contributed by atoms with van der Waals surface area (Å²) in [6.45, 7) is 1.59. The van der Waals surface area contributed by atoms with Crippen LogP contribution in [0.1, 0.15) is 13.3 Å². The first kappa shape index (κ1) is 12.0. The number of nitroso groups, excluding NO2 is 2. The van der Waals surface area contributed by atoms with Crippen molar-refractivity contribution in [2.24, 2.45) is 33.3 Å². The van der Waals surface area contributed by atoms with Gasteiger partial charge in [-0.2, -0.15) is 4.91 Å². The Hall–Kier alpha value is -0.960. The molecule has 0 aliphatic rings. The average molecular weight is 190 g/mol. The summed E-state index contributed by atoms with van der Waals surface area (Å²) in [7, 11) is 0. The van der Waals surface area contributed by atoms with Crippen LogP contribution in [0.25, 0.3) is 0 Å². The second-order valence-corrected chi connectivity index (χ2v) is 2.88. The minimum atomic E-state index is -2.08. The van der Waals surface area contributed by atoms with Crippen molar-refractivity contribution in [2.45, 2.75) is 30.8 Å². The van der Waals surface area contributed by atoms with Crippen LogP contribution in [0.15, 0.2) is 10.4 Å². The maximum absolute atomic E-state index is 10.4. The van der Waals surface area contributed by atoms with Crippen LogP contribution in [0.5, 0.6) is 0 Å². The lowest BCUT2D eigenvalue weighted by molar-refractivity contribution is 0.194. The summed E-state index contributed by atoms with van der Waals surface area (Å²) in [5, 5.41) is 5.10. The predicted molar refractivity (Wildman–Crippen MR) is 47.9 cm³/mol. The minimum Gasteiger partial charge on any atom is -0.298 e. The van der Waals surface area contributed by atoms with Gasteiger partial charge in [-0.25, -0.2) is 0 Å². The van der Waals surface area contributed by atoms with Gasteiger partial charge in [0.1, 0.15) is 6.04 Å². The second kappa shape index (κ2) is 3.83. The van der Waals surface area contributed by atoms with Gasteiger partial charge in [-0.15, -0.1) is 4.91 Å². The van der Waals surface area contributed by atoms with Gasteiger partial charge in [0.15, 0.2) is 5.79 Å². The summed E-state index contributed by atoms with van der Waals surface area (Å²) in [5.74, 6) is -2.07. The molecule has 76 valence electrons. The SMILES string of the molecule is CCC(N=O)C(N)(N=O)C(N)(N)N. The van der Waals surface area contributed by atoms with Crippen molar-refractivity contribution in [1.82, 2.24) is 0 Å². The van der Waals surface area contributed by atoms with Crippen LogP contribution in [0.4, 0.5) is 0 Å². The maximum atomic E-state index is 10.4. The van der Waals surface area contributed by atoms with Crippen LogP contribution in [-0.2, 0) is 0 Å². The molecule has 0 saturated carbocycles. The molecule has 8 nitrogen and oxygen atoms in total. The zero-order valence-corrected chi connectivity index (χ0v) is 7.30. The Morgan fingerprint density at radius 3 is 1.77 bits per heavy atom. The molecule has 0 fully saturated rings. The third-order valence-electron chi connectivity index (χ3n) is 1.87. The van der Waals surface area contributed by atoms with Gasteiger partial charge in [0, 0.05) is 0 Å². The lowest BCUT2D eigenvalue weighted by atomic mass is 9.94. The Bertz CT molecular complexity index is 202. The van der Waals surface area contributed by atoms with E-state index in [1.54, 1.807) is 6.92 Å². The second-order valence-electron chi connectivity index (χ2n) is 2.88. The highest BCUT2D eigenvalue weighted by atomic mass is 16.3. The number of rotatable bonds is 5. The Morgan fingerprint density at radius 1 is 1.23 bits per heavy atom. The van der Waals surface area contributed by atoms with E-state index in [1.165, 1.54) is 0 Å². The van der Waals surface area contributed by atoms with Gasteiger partial charge in [0.25, 0.3) is 0 Å². The average Bonchev–Trinajstić information content (AvgIpc) is 2.04. The topological polar surface area (TPSA) is 163 Å². The van der Waals surface area contributed by atoms with E-state index in [1.807, 2.05) is 0 Å². The molecule has 0 aromatic rings. The molecular formula is C5H14N6O2. The molecule has 0 bridgehead atoms. The van der Waals surface area contributed by atoms with Crippen molar-refractivity contribution in [3.63, 3.8) is 0 Å². The standard InChI is InChI=1S/C5H14N6O2/c1-2-3(10-12)4(6,11-13)5(7,8)9/h3H,2,6-9H2,1H3. The third-order valence-corrected chi connectivity index (χ3v) is 1.87. The molecule has 0 aliphatic carbocycles. The molecular weight excluding hydrogens is 176 g/mol. The molecule has 0 amide bonds. The Morgan fingerprint density at radius 2 is 1.69 bits per heavy atom. The molecule has 0 radical (unpaired) electrons. The molecule has 2 unspecified atom stereocenters. The van der Waals surface area contributed by atoms with Gasteiger partial charge in [-0.1, -0.05) is 12.1 Å². The molecule has 0 saturated heterocycles. The van der Waals surface area contributed by atoms with E-state index in [2.05, 4.69) is 10.4 Å². The van der Waals surface area contributed by atoms with Crippen LogP contribution in [0.3, 0.4) is 0 Å². The van der Waals surface area contributed by atoms with Crippen molar-refractivity contribution >= 4 is 0 Å². The van der Waals surface area contributed by atoms with E-state index >= 15 is 0 Å². The van der Waals surface area contributed by atoms with E-state index < -0.39 is 17.5 Å². The summed E-state index contributed by atoms with van der Waals surface area (Å²) in [5.41, 5.74) is 19.0. The lowest BCUT2D eigenvalue weighted by Gasteiger charge is -2.36. The maximum Gasteiger partial charge on any atom is 0.221 e.